The number of nitrogens with zero attached hydrogens (tertiary/aromatic N) is 2. The molecule has 6 rings (SSSR count). The quantitative estimate of drug-likeness (QED) is 0.404. The molecule has 0 radical (unpaired) electrons. The third-order valence-corrected chi connectivity index (χ3v) is 6.88. The highest BCUT2D eigenvalue weighted by molar-refractivity contribution is 6.26. The van der Waals surface area contributed by atoms with E-state index < -0.39 is 5.41 Å². The first kappa shape index (κ1) is 21.2. The highest BCUT2D eigenvalue weighted by Gasteiger charge is 2.40. The standard InChI is InChI=1S/C29H22N2O4/c1-29(2,15-30-25(32)19-11-3-7-17-8-4-12-20(23(17)19)26(30)33)16-31-27(34)21-13-5-9-18-10-6-14-22(24(18)21)28(31)35/h3-14H,15-16H2,1-2H3. The Balaban J connectivity index is 1.32. The van der Waals surface area contributed by atoms with Crippen molar-refractivity contribution in [2.45, 2.75) is 13.8 Å². The Hall–Kier alpha value is -4.32. The fourth-order valence-electron chi connectivity index (χ4n) is 5.35. The zero-order chi connectivity index (χ0) is 24.5. The van der Waals surface area contributed by atoms with Gasteiger partial charge < -0.3 is 0 Å². The normalized spacial score (nSPS) is 15.5. The van der Waals surface area contributed by atoms with Crippen LogP contribution in [0.1, 0.15) is 55.3 Å². The van der Waals surface area contributed by atoms with Gasteiger partial charge in [0.25, 0.3) is 23.6 Å². The first-order valence-electron chi connectivity index (χ1n) is 11.5. The fourth-order valence-corrected chi connectivity index (χ4v) is 5.35. The summed E-state index contributed by atoms with van der Waals surface area (Å²) in [5, 5.41) is 3.03. The Kier molecular flexibility index (Phi) is 4.45. The average Bonchev–Trinajstić information content (AvgIpc) is 2.86. The summed E-state index contributed by atoms with van der Waals surface area (Å²) in [6.07, 6.45) is 0. The molecule has 2 heterocycles. The van der Waals surface area contributed by atoms with Gasteiger partial charge in [0.1, 0.15) is 0 Å². The number of amides is 4. The molecule has 0 N–H and O–H groups in total. The molecule has 0 bridgehead atoms. The summed E-state index contributed by atoms with van der Waals surface area (Å²) in [6, 6.07) is 21.7. The first-order valence-corrected chi connectivity index (χ1v) is 11.5. The van der Waals surface area contributed by atoms with E-state index in [1.165, 1.54) is 9.80 Å². The van der Waals surface area contributed by atoms with Crippen LogP contribution < -0.4 is 0 Å². The largest absolute Gasteiger partial charge is 0.274 e. The number of carbonyl (C=O) groups is 4. The van der Waals surface area contributed by atoms with Gasteiger partial charge in [-0.2, -0.15) is 0 Å². The molecule has 6 heteroatoms. The molecule has 0 fully saturated rings. The van der Waals surface area contributed by atoms with Crippen molar-refractivity contribution >= 4 is 45.2 Å². The van der Waals surface area contributed by atoms with Crippen molar-refractivity contribution in [3.63, 3.8) is 0 Å². The van der Waals surface area contributed by atoms with E-state index in [0.29, 0.717) is 33.0 Å². The lowest BCUT2D eigenvalue weighted by Gasteiger charge is -2.38. The molecule has 4 aromatic carbocycles. The van der Waals surface area contributed by atoms with Gasteiger partial charge in [0.2, 0.25) is 0 Å². The van der Waals surface area contributed by atoms with Gasteiger partial charge in [-0.05, 0) is 35.0 Å². The van der Waals surface area contributed by atoms with Crippen LogP contribution in [0.2, 0.25) is 0 Å². The van der Waals surface area contributed by atoms with Crippen molar-refractivity contribution < 1.29 is 19.2 Å². The minimum Gasteiger partial charge on any atom is -0.274 e. The van der Waals surface area contributed by atoms with Crippen LogP contribution in [0.4, 0.5) is 0 Å². The first-order chi connectivity index (χ1) is 16.8. The van der Waals surface area contributed by atoms with Gasteiger partial charge in [0.05, 0.1) is 0 Å². The molecule has 0 aliphatic carbocycles. The van der Waals surface area contributed by atoms with Crippen LogP contribution in [-0.2, 0) is 0 Å². The molecule has 35 heavy (non-hydrogen) atoms. The minimum absolute atomic E-state index is 0.0678. The third-order valence-electron chi connectivity index (χ3n) is 6.88. The molecule has 4 aromatic rings. The van der Waals surface area contributed by atoms with Crippen LogP contribution >= 0.6 is 0 Å². The monoisotopic (exact) mass is 462 g/mol. The van der Waals surface area contributed by atoms with E-state index in [2.05, 4.69) is 0 Å². The van der Waals surface area contributed by atoms with E-state index in [-0.39, 0.29) is 36.7 Å². The lowest BCUT2D eigenvalue weighted by Crippen LogP contribution is -2.51. The number of hydrogen-bond donors (Lipinski definition) is 0. The number of carbonyl (C=O) groups excluding carboxylic acids is 4. The maximum atomic E-state index is 13.4. The molecule has 0 atom stereocenters. The Morgan fingerprint density at radius 2 is 0.800 bits per heavy atom. The van der Waals surface area contributed by atoms with Crippen LogP contribution in [0, 0.1) is 5.41 Å². The SMILES string of the molecule is CC(C)(CN1C(=O)c2cccc3cccc(c23)C1=O)CN1C(=O)c2cccc3cccc(c23)C1=O. The van der Waals surface area contributed by atoms with Crippen LogP contribution in [0.25, 0.3) is 21.5 Å². The van der Waals surface area contributed by atoms with Crippen molar-refractivity contribution in [3.05, 3.63) is 95.1 Å². The van der Waals surface area contributed by atoms with Crippen LogP contribution in [0.5, 0.6) is 0 Å². The van der Waals surface area contributed by atoms with Crippen LogP contribution in [0.3, 0.4) is 0 Å². The summed E-state index contributed by atoms with van der Waals surface area (Å²) < 4.78 is 0. The third kappa shape index (κ3) is 3.10. The predicted molar refractivity (Wildman–Crippen MR) is 132 cm³/mol. The zero-order valence-corrected chi connectivity index (χ0v) is 19.4. The highest BCUT2D eigenvalue weighted by atomic mass is 16.2. The van der Waals surface area contributed by atoms with Crippen molar-refractivity contribution in [2.75, 3.05) is 13.1 Å². The van der Waals surface area contributed by atoms with Crippen molar-refractivity contribution in [1.82, 2.24) is 9.80 Å². The molecule has 6 nitrogen and oxygen atoms in total. The average molecular weight is 463 g/mol. The molecule has 2 aliphatic rings. The maximum Gasteiger partial charge on any atom is 0.261 e. The summed E-state index contributed by atoms with van der Waals surface area (Å²) in [6.45, 7) is 3.85. The maximum absolute atomic E-state index is 13.4. The van der Waals surface area contributed by atoms with Crippen LogP contribution in [0.15, 0.2) is 72.8 Å². The van der Waals surface area contributed by atoms with Gasteiger partial charge in [-0.25, -0.2) is 0 Å². The Labute approximate surface area is 201 Å². The molecule has 0 saturated carbocycles. The second kappa shape index (κ2) is 7.34. The topological polar surface area (TPSA) is 74.8 Å². The molecule has 2 aliphatic heterocycles. The molecule has 0 unspecified atom stereocenters. The molecule has 0 aromatic heterocycles. The number of imide groups is 2. The van der Waals surface area contributed by atoms with Gasteiger partial charge in [0, 0.05) is 51.5 Å². The van der Waals surface area contributed by atoms with E-state index in [0.717, 1.165) is 10.8 Å². The summed E-state index contributed by atoms with van der Waals surface area (Å²) in [7, 11) is 0. The number of benzene rings is 4. The molecule has 172 valence electrons. The Bertz CT molecular complexity index is 1400. The van der Waals surface area contributed by atoms with E-state index in [1.807, 2.05) is 62.4 Å². The smallest absolute Gasteiger partial charge is 0.261 e. The van der Waals surface area contributed by atoms with E-state index >= 15 is 0 Å². The van der Waals surface area contributed by atoms with E-state index in [4.69, 9.17) is 0 Å². The molecule has 0 spiro atoms. The minimum atomic E-state index is -0.739. The number of hydrogen-bond acceptors (Lipinski definition) is 4. The van der Waals surface area contributed by atoms with Gasteiger partial charge in [0.15, 0.2) is 0 Å². The second-order valence-electron chi connectivity index (χ2n) is 9.98. The summed E-state index contributed by atoms with van der Waals surface area (Å²) in [5.41, 5.74) is 1.20. The Morgan fingerprint density at radius 3 is 1.09 bits per heavy atom. The Morgan fingerprint density at radius 1 is 0.514 bits per heavy atom. The van der Waals surface area contributed by atoms with Gasteiger partial charge in [-0.15, -0.1) is 0 Å². The van der Waals surface area contributed by atoms with Crippen molar-refractivity contribution in [2.24, 2.45) is 5.41 Å². The van der Waals surface area contributed by atoms with Gasteiger partial charge in [-0.1, -0.05) is 62.4 Å². The van der Waals surface area contributed by atoms with Gasteiger partial charge in [-0.3, -0.25) is 29.0 Å². The van der Waals surface area contributed by atoms with Crippen molar-refractivity contribution in [1.29, 1.82) is 0 Å². The zero-order valence-electron chi connectivity index (χ0n) is 19.4. The van der Waals surface area contributed by atoms with E-state index in [9.17, 15) is 19.2 Å². The van der Waals surface area contributed by atoms with Crippen molar-refractivity contribution in [3.8, 4) is 0 Å². The van der Waals surface area contributed by atoms with E-state index in [1.54, 1.807) is 24.3 Å². The molecular formula is C29H22N2O4. The molecule has 4 amide bonds. The summed E-state index contributed by atoms with van der Waals surface area (Å²) in [4.78, 5) is 55.9. The lowest BCUT2D eigenvalue weighted by atomic mass is 9.87. The molecular weight excluding hydrogens is 440 g/mol. The predicted octanol–water partition coefficient (Wildman–Crippen LogP) is 4.91. The molecule has 0 saturated heterocycles. The van der Waals surface area contributed by atoms with Gasteiger partial charge >= 0.3 is 0 Å². The number of rotatable bonds is 4. The lowest BCUT2D eigenvalue weighted by molar-refractivity contribution is 0.0457. The highest BCUT2D eigenvalue weighted by Crippen LogP contribution is 2.34. The van der Waals surface area contributed by atoms with Crippen LogP contribution in [-0.4, -0.2) is 46.5 Å². The fraction of sp³-hybridized carbons (Fsp3) is 0.172. The second-order valence-corrected chi connectivity index (χ2v) is 9.98. The summed E-state index contributed by atoms with van der Waals surface area (Å²) in [5.74, 6) is -1.45. The summed E-state index contributed by atoms with van der Waals surface area (Å²) >= 11 is 0.